The van der Waals surface area contributed by atoms with Gasteiger partial charge in [0, 0.05) is 13.1 Å². The fourth-order valence-electron chi connectivity index (χ4n) is 7.45. The zero-order chi connectivity index (χ0) is 36.2. The third kappa shape index (κ3) is 7.70. The van der Waals surface area contributed by atoms with Crippen molar-refractivity contribution in [2.75, 3.05) is 19.6 Å². The minimum absolute atomic E-state index is 0.0483. The van der Waals surface area contributed by atoms with E-state index in [2.05, 4.69) is 88.0 Å². The number of carbonyl (C=O) groups excluding carboxylic acids is 2. The summed E-state index contributed by atoms with van der Waals surface area (Å²) in [6.07, 6.45) is 5.90. The first-order valence-corrected chi connectivity index (χ1v) is 18.2. The molecule has 2 aliphatic rings. The highest BCUT2D eigenvalue weighted by Gasteiger charge is 2.38. The molecule has 2 fully saturated rings. The van der Waals surface area contributed by atoms with E-state index in [4.69, 9.17) is 4.98 Å². The number of carboxylic acid groups (broad SMARTS) is 1. The van der Waals surface area contributed by atoms with Crippen LogP contribution in [0.3, 0.4) is 0 Å². The van der Waals surface area contributed by atoms with E-state index in [9.17, 15) is 19.5 Å². The van der Waals surface area contributed by atoms with Crippen molar-refractivity contribution in [1.29, 1.82) is 0 Å². The van der Waals surface area contributed by atoms with E-state index in [1.54, 1.807) is 11.1 Å². The lowest BCUT2D eigenvalue weighted by Gasteiger charge is -2.30. The molecule has 0 saturated carbocycles. The van der Waals surface area contributed by atoms with Gasteiger partial charge in [-0.25, -0.2) is 14.8 Å². The Hall–Kier alpha value is -4.97. The molecular weight excluding hydrogens is 644 g/mol. The topological polar surface area (TPSA) is 159 Å². The summed E-state index contributed by atoms with van der Waals surface area (Å²) in [6.45, 7) is 11.9. The standard InChI is InChI=1S/C39H50N8O4/c1-6-40-33(23(2)3)37(48)46-19-7-9-31(46)35-41-21-29(43-35)27-15-11-25(12-16-27)26-13-17-28(18-14-26)30-22-42-36(44-30)32-10-8-20-47(32)38(49)34(24(4)5)45-39(50)51/h11-18,21-24,31-34,40,45H,6-10,19-20H2,1-5H3,(H,41,43)(H,42,44)(H,50,51). The predicted molar refractivity (Wildman–Crippen MR) is 197 cm³/mol. The van der Waals surface area contributed by atoms with E-state index in [0.717, 1.165) is 78.2 Å². The van der Waals surface area contributed by atoms with E-state index < -0.39 is 12.1 Å². The van der Waals surface area contributed by atoms with Crippen molar-refractivity contribution >= 4 is 17.9 Å². The van der Waals surface area contributed by atoms with E-state index >= 15 is 0 Å². The molecule has 3 amide bonds. The Kier molecular flexibility index (Phi) is 10.9. The van der Waals surface area contributed by atoms with Gasteiger partial charge in [-0.1, -0.05) is 83.1 Å². The van der Waals surface area contributed by atoms with Crippen molar-refractivity contribution in [2.24, 2.45) is 11.8 Å². The summed E-state index contributed by atoms with van der Waals surface area (Å²) in [4.78, 5) is 58.1. The van der Waals surface area contributed by atoms with Crippen LogP contribution in [0.2, 0.25) is 0 Å². The lowest BCUT2D eigenvalue weighted by Crippen LogP contribution is -2.50. The van der Waals surface area contributed by atoms with Gasteiger partial charge in [0.1, 0.15) is 17.7 Å². The molecule has 12 nitrogen and oxygen atoms in total. The number of H-pyrrole nitrogens is 2. The Morgan fingerprint density at radius 2 is 1.14 bits per heavy atom. The van der Waals surface area contributed by atoms with Crippen molar-refractivity contribution in [3.8, 4) is 33.6 Å². The Bertz CT molecular complexity index is 1810. The number of rotatable bonds is 12. The largest absolute Gasteiger partial charge is 0.465 e. The second-order valence-electron chi connectivity index (χ2n) is 14.3. The van der Waals surface area contributed by atoms with Crippen LogP contribution in [-0.2, 0) is 9.59 Å². The molecular formula is C39H50N8O4. The number of likely N-dealkylation sites (tertiary alicyclic amines) is 2. The van der Waals surface area contributed by atoms with E-state index in [1.165, 1.54) is 0 Å². The summed E-state index contributed by atoms with van der Waals surface area (Å²) >= 11 is 0. The fourth-order valence-corrected chi connectivity index (χ4v) is 7.45. The smallest absolute Gasteiger partial charge is 0.405 e. The van der Waals surface area contributed by atoms with Crippen LogP contribution in [0, 0.1) is 11.8 Å². The molecule has 4 atom stereocenters. The summed E-state index contributed by atoms with van der Waals surface area (Å²) in [5, 5.41) is 15.0. The van der Waals surface area contributed by atoms with Gasteiger partial charge in [-0.05, 0) is 66.3 Å². The number of aromatic amines is 2. The summed E-state index contributed by atoms with van der Waals surface area (Å²) in [5.41, 5.74) is 5.95. The number of benzene rings is 2. The van der Waals surface area contributed by atoms with Crippen LogP contribution < -0.4 is 10.6 Å². The highest BCUT2D eigenvalue weighted by Crippen LogP contribution is 2.35. The number of hydrogen-bond acceptors (Lipinski definition) is 6. The van der Waals surface area contributed by atoms with Crippen LogP contribution >= 0.6 is 0 Å². The zero-order valence-corrected chi connectivity index (χ0v) is 30.1. The molecule has 12 heteroatoms. The third-order valence-electron chi connectivity index (χ3n) is 10.2. The number of imidazole rings is 2. The highest BCUT2D eigenvalue weighted by atomic mass is 16.4. The van der Waals surface area contributed by atoms with E-state index in [0.29, 0.717) is 12.4 Å². The number of aromatic nitrogens is 4. The van der Waals surface area contributed by atoms with E-state index in [-0.39, 0.29) is 41.8 Å². The second kappa shape index (κ2) is 15.5. The van der Waals surface area contributed by atoms with Gasteiger partial charge in [-0.2, -0.15) is 0 Å². The maximum atomic E-state index is 13.5. The van der Waals surface area contributed by atoms with Gasteiger partial charge in [-0.3, -0.25) is 9.59 Å². The normalized spacial score (nSPS) is 18.8. The highest BCUT2D eigenvalue weighted by molar-refractivity contribution is 5.86. The molecule has 4 heterocycles. The van der Waals surface area contributed by atoms with Gasteiger partial charge in [0.2, 0.25) is 11.8 Å². The lowest BCUT2D eigenvalue weighted by molar-refractivity contribution is -0.136. The Morgan fingerprint density at radius 1 is 0.725 bits per heavy atom. The van der Waals surface area contributed by atoms with Gasteiger partial charge in [0.25, 0.3) is 0 Å². The monoisotopic (exact) mass is 694 g/mol. The molecule has 2 aromatic heterocycles. The Labute approximate surface area is 299 Å². The van der Waals surface area contributed by atoms with Crippen LogP contribution in [-0.4, -0.2) is 84.5 Å². The molecule has 0 bridgehead atoms. The number of amides is 3. The molecule has 2 saturated heterocycles. The summed E-state index contributed by atoms with van der Waals surface area (Å²) < 4.78 is 0. The molecule has 270 valence electrons. The number of carbonyl (C=O) groups is 3. The van der Waals surface area contributed by atoms with Gasteiger partial charge in [0.05, 0.1) is 41.9 Å². The average molecular weight is 695 g/mol. The fraction of sp³-hybridized carbons (Fsp3) is 0.462. The Morgan fingerprint density at radius 3 is 1.53 bits per heavy atom. The van der Waals surface area contributed by atoms with E-state index in [1.807, 2.05) is 31.9 Å². The first-order valence-electron chi connectivity index (χ1n) is 18.2. The molecule has 0 radical (unpaired) electrons. The molecule has 4 unspecified atom stereocenters. The van der Waals surface area contributed by atoms with Crippen molar-refractivity contribution in [2.45, 2.75) is 84.5 Å². The first kappa shape index (κ1) is 35.8. The van der Waals surface area contributed by atoms with Crippen LogP contribution in [0.25, 0.3) is 33.6 Å². The third-order valence-corrected chi connectivity index (χ3v) is 10.2. The molecule has 0 spiro atoms. The molecule has 2 aromatic carbocycles. The van der Waals surface area contributed by atoms with Gasteiger partial charge in [0.15, 0.2) is 0 Å². The molecule has 0 aliphatic carbocycles. The summed E-state index contributed by atoms with van der Waals surface area (Å²) in [6, 6.07) is 15.4. The molecule has 5 N–H and O–H groups in total. The molecule has 2 aliphatic heterocycles. The number of hydrogen-bond donors (Lipinski definition) is 5. The first-order chi connectivity index (χ1) is 24.5. The summed E-state index contributed by atoms with van der Waals surface area (Å²) in [5.74, 6) is 1.50. The summed E-state index contributed by atoms with van der Waals surface area (Å²) in [7, 11) is 0. The quantitative estimate of drug-likeness (QED) is 0.115. The second-order valence-corrected chi connectivity index (χ2v) is 14.3. The number of likely N-dealkylation sites (N-methyl/N-ethyl adjacent to an activating group) is 1. The minimum Gasteiger partial charge on any atom is -0.465 e. The number of nitrogens with one attached hydrogen (secondary N) is 4. The van der Waals surface area contributed by atoms with Crippen LogP contribution in [0.1, 0.15) is 84.0 Å². The minimum atomic E-state index is -1.20. The van der Waals surface area contributed by atoms with Crippen molar-refractivity contribution in [1.82, 2.24) is 40.4 Å². The predicted octanol–water partition coefficient (Wildman–Crippen LogP) is 6.39. The van der Waals surface area contributed by atoms with Crippen LogP contribution in [0.15, 0.2) is 60.9 Å². The van der Waals surface area contributed by atoms with Crippen LogP contribution in [0.5, 0.6) is 0 Å². The van der Waals surface area contributed by atoms with Crippen molar-refractivity contribution < 1.29 is 19.5 Å². The maximum absolute atomic E-state index is 13.5. The molecule has 4 aromatic rings. The average Bonchev–Trinajstić information content (AvgIpc) is 3.95. The SMILES string of the molecule is CCNC(C(=O)N1CCCC1c1ncc(-c2ccc(-c3ccc(-c4cnc(C5CCCN5C(=O)C(NC(=O)O)C(C)C)[nH]4)cc3)cc2)[nH]1)C(C)C. The lowest BCUT2D eigenvalue weighted by atomic mass is 10.0. The van der Waals surface area contributed by atoms with Gasteiger partial charge >= 0.3 is 6.09 Å². The number of nitrogens with zero attached hydrogens (tertiary/aromatic N) is 4. The maximum Gasteiger partial charge on any atom is 0.405 e. The molecule has 51 heavy (non-hydrogen) atoms. The molecule has 6 rings (SSSR count). The van der Waals surface area contributed by atoms with Gasteiger partial charge < -0.3 is 35.5 Å². The van der Waals surface area contributed by atoms with Crippen molar-refractivity contribution in [3.05, 3.63) is 72.6 Å². The zero-order valence-electron chi connectivity index (χ0n) is 30.1. The van der Waals surface area contributed by atoms with Gasteiger partial charge in [-0.15, -0.1) is 0 Å². The van der Waals surface area contributed by atoms with Crippen molar-refractivity contribution in [3.63, 3.8) is 0 Å². The Balaban J connectivity index is 1.11. The van der Waals surface area contributed by atoms with Crippen LogP contribution in [0.4, 0.5) is 4.79 Å².